The number of benzene rings is 2. The largest absolute Gasteiger partial charge is 0.351 e. The molecule has 0 spiro atoms. The van der Waals surface area contributed by atoms with Crippen molar-refractivity contribution in [1.82, 2.24) is 10.3 Å². The molecule has 0 aliphatic carbocycles. The summed E-state index contributed by atoms with van der Waals surface area (Å²) >= 11 is 2.98. The second-order valence-electron chi connectivity index (χ2n) is 5.36. The summed E-state index contributed by atoms with van der Waals surface area (Å²) in [7, 11) is 0. The van der Waals surface area contributed by atoms with Crippen LogP contribution in [0.4, 0.5) is 5.69 Å². The average molecular weight is 371 g/mol. The van der Waals surface area contributed by atoms with Crippen molar-refractivity contribution in [3.63, 3.8) is 0 Å². The molecule has 0 saturated carbocycles. The smallest absolute Gasteiger partial charge is 0.230 e. The lowest BCUT2D eigenvalue weighted by molar-refractivity contribution is -0.118. The maximum absolute atomic E-state index is 12.2. The second kappa shape index (κ2) is 8.13. The van der Waals surface area contributed by atoms with Crippen molar-refractivity contribution in [2.75, 3.05) is 11.1 Å². The standard InChI is InChI=1S/C18H17N3O2S2/c1-12(22)21-14-6-2-3-8-16(14)24-10-17(23)19-9-13-5-4-7-15-18(13)25-11-20-15/h2-8,11H,9-10H2,1H3,(H,19,23)(H,21,22). The Bertz CT molecular complexity index is 908. The van der Waals surface area contributed by atoms with Crippen molar-refractivity contribution in [2.24, 2.45) is 0 Å². The first-order chi connectivity index (χ1) is 12.1. The number of hydrogen-bond acceptors (Lipinski definition) is 5. The van der Waals surface area contributed by atoms with Gasteiger partial charge in [-0.15, -0.1) is 23.1 Å². The molecule has 0 atom stereocenters. The van der Waals surface area contributed by atoms with Gasteiger partial charge >= 0.3 is 0 Å². The number of carbonyl (C=O) groups excluding carboxylic acids is 2. The van der Waals surface area contributed by atoms with E-state index in [2.05, 4.69) is 15.6 Å². The first kappa shape index (κ1) is 17.4. The van der Waals surface area contributed by atoms with Crippen molar-refractivity contribution in [1.29, 1.82) is 0 Å². The predicted octanol–water partition coefficient (Wildman–Crippen LogP) is 3.66. The first-order valence-corrected chi connectivity index (χ1v) is 9.57. The molecule has 0 bridgehead atoms. The molecular formula is C18H17N3O2S2. The number of thioether (sulfide) groups is 1. The predicted molar refractivity (Wildman–Crippen MR) is 103 cm³/mol. The number of hydrogen-bond donors (Lipinski definition) is 2. The minimum atomic E-state index is -0.129. The molecule has 0 fully saturated rings. The van der Waals surface area contributed by atoms with Crippen LogP contribution >= 0.6 is 23.1 Å². The minimum absolute atomic E-state index is 0.0517. The molecule has 25 heavy (non-hydrogen) atoms. The molecule has 1 heterocycles. The van der Waals surface area contributed by atoms with Gasteiger partial charge in [0, 0.05) is 18.4 Å². The van der Waals surface area contributed by atoms with Crippen LogP contribution in [-0.4, -0.2) is 22.6 Å². The Morgan fingerprint density at radius 3 is 2.84 bits per heavy atom. The van der Waals surface area contributed by atoms with Gasteiger partial charge in [-0.2, -0.15) is 0 Å². The van der Waals surface area contributed by atoms with E-state index in [1.54, 1.807) is 11.3 Å². The molecule has 0 aliphatic heterocycles. The maximum Gasteiger partial charge on any atom is 0.230 e. The Kier molecular flexibility index (Phi) is 5.67. The van der Waals surface area contributed by atoms with Crippen LogP contribution in [0, 0.1) is 0 Å². The van der Waals surface area contributed by atoms with Gasteiger partial charge < -0.3 is 10.6 Å². The van der Waals surface area contributed by atoms with Crippen LogP contribution < -0.4 is 10.6 Å². The Hall–Kier alpha value is -2.38. The third-order valence-electron chi connectivity index (χ3n) is 3.47. The Morgan fingerprint density at radius 1 is 1.16 bits per heavy atom. The molecule has 1 aromatic heterocycles. The highest BCUT2D eigenvalue weighted by atomic mass is 32.2. The molecule has 5 nitrogen and oxygen atoms in total. The number of para-hydroxylation sites is 1. The van der Waals surface area contributed by atoms with E-state index >= 15 is 0 Å². The summed E-state index contributed by atoms with van der Waals surface area (Å²) in [5, 5.41) is 5.72. The average Bonchev–Trinajstić information content (AvgIpc) is 3.08. The fourth-order valence-corrected chi connectivity index (χ4v) is 4.00. The van der Waals surface area contributed by atoms with E-state index in [1.807, 2.05) is 48.0 Å². The van der Waals surface area contributed by atoms with Gasteiger partial charge in [0.15, 0.2) is 0 Å². The molecule has 0 aliphatic rings. The summed E-state index contributed by atoms with van der Waals surface area (Å²) in [5.41, 5.74) is 4.56. The van der Waals surface area contributed by atoms with Gasteiger partial charge in [-0.1, -0.05) is 24.3 Å². The summed E-state index contributed by atoms with van der Waals surface area (Å²) in [6, 6.07) is 13.4. The van der Waals surface area contributed by atoms with Crippen LogP contribution in [-0.2, 0) is 16.1 Å². The Balaban J connectivity index is 1.57. The summed E-state index contributed by atoms with van der Waals surface area (Å²) in [6.45, 7) is 1.94. The van der Waals surface area contributed by atoms with E-state index < -0.39 is 0 Å². The Morgan fingerprint density at radius 2 is 2.00 bits per heavy atom. The van der Waals surface area contributed by atoms with Gasteiger partial charge in [0.1, 0.15) is 0 Å². The maximum atomic E-state index is 12.2. The minimum Gasteiger partial charge on any atom is -0.351 e. The Labute approximate surface area is 153 Å². The molecule has 3 aromatic rings. The van der Waals surface area contributed by atoms with E-state index in [0.717, 1.165) is 26.4 Å². The fourth-order valence-electron chi connectivity index (χ4n) is 2.36. The molecule has 2 aromatic carbocycles. The van der Waals surface area contributed by atoms with Crippen molar-refractivity contribution in [3.05, 3.63) is 53.5 Å². The lowest BCUT2D eigenvalue weighted by atomic mass is 10.2. The second-order valence-corrected chi connectivity index (χ2v) is 7.23. The summed E-state index contributed by atoms with van der Waals surface area (Å²) < 4.78 is 1.10. The van der Waals surface area contributed by atoms with E-state index in [-0.39, 0.29) is 17.6 Å². The highest BCUT2D eigenvalue weighted by Gasteiger charge is 2.09. The number of thiazole rings is 1. The quantitative estimate of drug-likeness (QED) is 0.649. The van der Waals surface area contributed by atoms with E-state index in [9.17, 15) is 9.59 Å². The summed E-state index contributed by atoms with van der Waals surface area (Å²) in [5.74, 6) is 0.106. The summed E-state index contributed by atoms with van der Waals surface area (Å²) in [6.07, 6.45) is 0. The molecule has 7 heteroatoms. The molecule has 0 saturated heterocycles. The highest BCUT2D eigenvalue weighted by Crippen LogP contribution is 2.27. The number of nitrogens with one attached hydrogen (secondary N) is 2. The number of fused-ring (bicyclic) bond motifs is 1. The molecular weight excluding hydrogens is 354 g/mol. The monoisotopic (exact) mass is 371 g/mol. The number of nitrogens with zero attached hydrogens (tertiary/aromatic N) is 1. The third kappa shape index (κ3) is 4.58. The number of carbonyl (C=O) groups is 2. The number of anilines is 1. The van der Waals surface area contributed by atoms with Crippen molar-refractivity contribution >= 4 is 50.8 Å². The SMILES string of the molecule is CC(=O)Nc1ccccc1SCC(=O)NCc1cccc2ncsc12. The third-order valence-corrected chi connectivity index (χ3v) is 5.46. The van der Waals surface area contributed by atoms with E-state index in [4.69, 9.17) is 0 Å². The van der Waals surface area contributed by atoms with Gasteiger partial charge in [0.25, 0.3) is 0 Å². The zero-order chi connectivity index (χ0) is 17.6. The fraction of sp³-hybridized carbons (Fsp3) is 0.167. The van der Waals surface area contributed by atoms with Gasteiger partial charge in [-0.3, -0.25) is 9.59 Å². The van der Waals surface area contributed by atoms with Gasteiger partial charge in [-0.25, -0.2) is 4.98 Å². The van der Waals surface area contributed by atoms with E-state index in [0.29, 0.717) is 6.54 Å². The molecule has 128 valence electrons. The lowest BCUT2D eigenvalue weighted by Crippen LogP contribution is -2.24. The lowest BCUT2D eigenvalue weighted by Gasteiger charge is -2.10. The van der Waals surface area contributed by atoms with Crippen LogP contribution in [0.1, 0.15) is 12.5 Å². The zero-order valence-corrected chi connectivity index (χ0v) is 15.2. The molecule has 0 radical (unpaired) electrons. The van der Waals surface area contributed by atoms with Crippen molar-refractivity contribution in [2.45, 2.75) is 18.4 Å². The van der Waals surface area contributed by atoms with E-state index in [1.165, 1.54) is 18.7 Å². The zero-order valence-electron chi connectivity index (χ0n) is 13.6. The van der Waals surface area contributed by atoms with Gasteiger partial charge in [0.2, 0.25) is 11.8 Å². The molecule has 3 rings (SSSR count). The summed E-state index contributed by atoms with van der Waals surface area (Å²) in [4.78, 5) is 28.6. The van der Waals surface area contributed by atoms with Crippen LogP contribution in [0.5, 0.6) is 0 Å². The van der Waals surface area contributed by atoms with Gasteiger partial charge in [0.05, 0.1) is 27.2 Å². The van der Waals surface area contributed by atoms with Crippen molar-refractivity contribution in [3.8, 4) is 0 Å². The van der Waals surface area contributed by atoms with Crippen LogP contribution in [0.2, 0.25) is 0 Å². The normalized spacial score (nSPS) is 10.6. The molecule has 2 amide bonds. The van der Waals surface area contributed by atoms with Crippen LogP contribution in [0.25, 0.3) is 10.2 Å². The topological polar surface area (TPSA) is 71.1 Å². The molecule has 2 N–H and O–H groups in total. The molecule has 0 unspecified atom stereocenters. The number of amides is 2. The van der Waals surface area contributed by atoms with Crippen molar-refractivity contribution < 1.29 is 9.59 Å². The first-order valence-electron chi connectivity index (χ1n) is 7.70. The number of aromatic nitrogens is 1. The van der Waals surface area contributed by atoms with Gasteiger partial charge in [-0.05, 0) is 23.8 Å². The van der Waals surface area contributed by atoms with Crippen LogP contribution in [0.3, 0.4) is 0 Å². The number of rotatable bonds is 6. The highest BCUT2D eigenvalue weighted by molar-refractivity contribution is 8.00. The van der Waals surface area contributed by atoms with Crippen LogP contribution in [0.15, 0.2) is 52.9 Å².